The van der Waals surface area contributed by atoms with Crippen molar-refractivity contribution in [2.75, 3.05) is 0 Å². The quantitative estimate of drug-likeness (QED) is 0.811. The standard InChI is InChI=1S/C22H20N2O/c1-15-3-7-17(8-4-15)20-11-19(25)12-21(22(20,13-23)14-24)18-9-5-16(2)6-10-18/h3-10,20-21H,11-12H2,1-2H3/t20-,21-/m1/s1. The monoisotopic (exact) mass is 328 g/mol. The van der Waals surface area contributed by atoms with E-state index in [0.29, 0.717) is 0 Å². The number of nitriles is 2. The highest BCUT2D eigenvalue weighted by atomic mass is 16.1. The summed E-state index contributed by atoms with van der Waals surface area (Å²) in [5.74, 6) is -0.705. The summed E-state index contributed by atoms with van der Waals surface area (Å²) in [7, 11) is 0. The number of hydrogen-bond acceptors (Lipinski definition) is 3. The maximum absolute atomic E-state index is 12.5. The summed E-state index contributed by atoms with van der Waals surface area (Å²) in [6.07, 6.45) is 0.485. The first kappa shape index (κ1) is 16.9. The lowest BCUT2D eigenvalue weighted by Gasteiger charge is -2.40. The summed E-state index contributed by atoms with van der Waals surface area (Å²) in [6, 6.07) is 20.2. The Kier molecular flexibility index (Phi) is 4.43. The van der Waals surface area contributed by atoms with Crippen molar-refractivity contribution in [3.63, 3.8) is 0 Å². The number of hydrogen-bond donors (Lipinski definition) is 0. The zero-order valence-electron chi connectivity index (χ0n) is 14.5. The SMILES string of the molecule is Cc1ccc([C@H]2CC(=O)C[C@H](c3ccc(C)cc3)C2(C#N)C#N)cc1. The third-order valence-electron chi connectivity index (χ3n) is 5.29. The van der Waals surface area contributed by atoms with Gasteiger partial charge in [0, 0.05) is 24.7 Å². The second kappa shape index (κ2) is 6.54. The number of carbonyl (C=O) groups is 1. The van der Waals surface area contributed by atoms with E-state index in [1.165, 1.54) is 0 Å². The average molecular weight is 328 g/mol. The van der Waals surface area contributed by atoms with Crippen LogP contribution in [0.5, 0.6) is 0 Å². The number of rotatable bonds is 2. The van der Waals surface area contributed by atoms with Gasteiger partial charge in [0.1, 0.15) is 5.78 Å². The smallest absolute Gasteiger partial charge is 0.158 e. The lowest BCUT2D eigenvalue weighted by atomic mass is 9.57. The molecule has 1 fully saturated rings. The van der Waals surface area contributed by atoms with Crippen LogP contribution in [0.25, 0.3) is 0 Å². The van der Waals surface area contributed by atoms with E-state index in [-0.39, 0.29) is 18.6 Å². The minimum Gasteiger partial charge on any atom is -0.300 e. The van der Waals surface area contributed by atoms with Gasteiger partial charge in [-0.15, -0.1) is 0 Å². The van der Waals surface area contributed by atoms with Crippen molar-refractivity contribution < 1.29 is 4.79 Å². The summed E-state index contributed by atoms with van der Waals surface area (Å²) >= 11 is 0. The zero-order chi connectivity index (χ0) is 18.0. The molecule has 2 aromatic rings. The molecule has 3 nitrogen and oxygen atoms in total. The molecule has 124 valence electrons. The molecule has 2 atom stereocenters. The van der Waals surface area contributed by atoms with E-state index in [9.17, 15) is 15.3 Å². The van der Waals surface area contributed by atoms with Crippen molar-refractivity contribution in [1.82, 2.24) is 0 Å². The Morgan fingerprint density at radius 2 is 1.16 bits per heavy atom. The molecular formula is C22H20N2O. The fraction of sp³-hybridized carbons (Fsp3) is 0.318. The Bertz CT molecular complexity index is 793. The predicted molar refractivity (Wildman–Crippen MR) is 95.7 cm³/mol. The van der Waals surface area contributed by atoms with Crippen molar-refractivity contribution in [2.24, 2.45) is 5.41 Å². The van der Waals surface area contributed by atoms with E-state index in [0.717, 1.165) is 22.3 Å². The Balaban J connectivity index is 2.13. The molecular weight excluding hydrogens is 308 g/mol. The third kappa shape index (κ3) is 2.94. The van der Waals surface area contributed by atoms with E-state index in [1.54, 1.807) is 0 Å². The Hall–Kier alpha value is -2.91. The lowest BCUT2D eigenvalue weighted by Crippen LogP contribution is -2.39. The number of carbonyl (C=O) groups excluding carboxylic acids is 1. The molecule has 2 aromatic carbocycles. The number of benzene rings is 2. The normalized spacial score (nSPS) is 22.0. The number of aryl methyl sites for hydroxylation is 2. The summed E-state index contributed by atoms with van der Waals surface area (Å²) < 4.78 is 0. The molecule has 3 heteroatoms. The Morgan fingerprint density at radius 3 is 1.48 bits per heavy atom. The Labute approximate surface area is 148 Å². The van der Waals surface area contributed by atoms with Crippen LogP contribution in [0.4, 0.5) is 0 Å². The second-order valence-corrected chi connectivity index (χ2v) is 6.97. The lowest BCUT2D eigenvalue weighted by molar-refractivity contribution is -0.122. The van der Waals surface area contributed by atoms with Gasteiger partial charge in [-0.05, 0) is 25.0 Å². The number of ketones is 1. The van der Waals surface area contributed by atoms with Gasteiger partial charge in [-0.3, -0.25) is 4.79 Å². The molecule has 0 spiro atoms. The van der Waals surface area contributed by atoms with Crippen LogP contribution >= 0.6 is 0 Å². The molecule has 25 heavy (non-hydrogen) atoms. The van der Waals surface area contributed by atoms with Crippen molar-refractivity contribution in [3.8, 4) is 12.1 Å². The van der Waals surface area contributed by atoms with E-state index < -0.39 is 17.3 Å². The van der Waals surface area contributed by atoms with Gasteiger partial charge in [-0.2, -0.15) is 10.5 Å². The van der Waals surface area contributed by atoms with E-state index in [1.807, 2.05) is 62.4 Å². The van der Waals surface area contributed by atoms with Crippen LogP contribution in [0.15, 0.2) is 48.5 Å². The molecule has 0 unspecified atom stereocenters. The largest absolute Gasteiger partial charge is 0.300 e. The van der Waals surface area contributed by atoms with Crippen molar-refractivity contribution in [2.45, 2.75) is 38.5 Å². The first-order chi connectivity index (χ1) is 12.0. The molecule has 0 aliphatic heterocycles. The van der Waals surface area contributed by atoms with Crippen LogP contribution < -0.4 is 0 Å². The van der Waals surface area contributed by atoms with E-state index in [4.69, 9.17) is 0 Å². The van der Waals surface area contributed by atoms with Gasteiger partial charge in [-0.25, -0.2) is 0 Å². The molecule has 0 aromatic heterocycles. The molecule has 1 saturated carbocycles. The van der Waals surface area contributed by atoms with Crippen LogP contribution in [0.2, 0.25) is 0 Å². The first-order valence-corrected chi connectivity index (χ1v) is 8.47. The van der Waals surface area contributed by atoms with Gasteiger partial charge >= 0.3 is 0 Å². The van der Waals surface area contributed by atoms with Crippen molar-refractivity contribution >= 4 is 5.78 Å². The second-order valence-electron chi connectivity index (χ2n) is 6.97. The molecule has 1 aliphatic carbocycles. The molecule has 1 aliphatic rings. The number of nitrogens with zero attached hydrogens (tertiary/aromatic N) is 2. The van der Waals surface area contributed by atoms with Gasteiger partial charge in [0.2, 0.25) is 0 Å². The highest BCUT2D eigenvalue weighted by molar-refractivity contribution is 5.82. The van der Waals surface area contributed by atoms with Crippen LogP contribution in [0, 0.1) is 41.9 Å². The van der Waals surface area contributed by atoms with E-state index in [2.05, 4.69) is 12.1 Å². The molecule has 0 bridgehead atoms. The highest BCUT2D eigenvalue weighted by Gasteiger charge is 2.52. The average Bonchev–Trinajstić information content (AvgIpc) is 2.63. The topological polar surface area (TPSA) is 64.7 Å². The van der Waals surface area contributed by atoms with Gasteiger partial charge in [-0.1, -0.05) is 59.7 Å². The summed E-state index contributed by atoms with van der Waals surface area (Å²) in [4.78, 5) is 12.5. The van der Waals surface area contributed by atoms with Crippen molar-refractivity contribution in [3.05, 3.63) is 70.8 Å². The van der Waals surface area contributed by atoms with Crippen molar-refractivity contribution in [1.29, 1.82) is 10.5 Å². The minimum absolute atomic E-state index is 0.109. The van der Waals surface area contributed by atoms with Gasteiger partial charge in [0.05, 0.1) is 12.1 Å². The summed E-state index contributed by atoms with van der Waals surface area (Å²) in [6.45, 7) is 3.99. The molecule has 0 amide bonds. The molecule has 0 N–H and O–H groups in total. The maximum atomic E-state index is 12.5. The third-order valence-corrected chi connectivity index (χ3v) is 5.29. The first-order valence-electron chi connectivity index (χ1n) is 8.47. The van der Waals surface area contributed by atoms with Crippen LogP contribution in [-0.2, 0) is 4.79 Å². The van der Waals surface area contributed by atoms with Crippen LogP contribution in [0.3, 0.4) is 0 Å². The van der Waals surface area contributed by atoms with E-state index >= 15 is 0 Å². The van der Waals surface area contributed by atoms with Gasteiger partial charge in [0.15, 0.2) is 5.41 Å². The highest BCUT2D eigenvalue weighted by Crippen LogP contribution is 2.53. The molecule has 0 heterocycles. The fourth-order valence-corrected chi connectivity index (χ4v) is 3.80. The predicted octanol–water partition coefficient (Wildman–Crippen LogP) is 4.57. The summed E-state index contributed by atoms with van der Waals surface area (Å²) in [5, 5.41) is 20.0. The van der Waals surface area contributed by atoms with Crippen LogP contribution in [0.1, 0.15) is 46.9 Å². The Morgan fingerprint density at radius 1 is 0.800 bits per heavy atom. The fourth-order valence-electron chi connectivity index (χ4n) is 3.80. The molecule has 3 rings (SSSR count). The summed E-state index contributed by atoms with van der Waals surface area (Å²) in [5.41, 5.74) is 2.76. The minimum atomic E-state index is -1.24. The van der Waals surface area contributed by atoms with Crippen LogP contribution in [-0.4, -0.2) is 5.78 Å². The zero-order valence-corrected chi connectivity index (χ0v) is 14.5. The van der Waals surface area contributed by atoms with Gasteiger partial charge < -0.3 is 0 Å². The maximum Gasteiger partial charge on any atom is 0.158 e. The molecule has 0 saturated heterocycles. The molecule has 0 radical (unpaired) electrons. The van der Waals surface area contributed by atoms with Gasteiger partial charge in [0.25, 0.3) is 0 Å². The number of Topliss-reactive ketones (excluding diaryl/α,β-unsaturated/α-hetero) is 1.